The molecule has 0 aliphatic rings. The standard InChI is InChI=1S/C20H21N5O3S/c1-12-5-4-6-18(21-12)25-20-23-15(11-29-20)10-19(27)24-16-9-14(22-13(2)26)7-8-17(16)28-3/h4-9,11H,10H2,1-3H3,(H,22,26)(H,24,27)(H,21,23,25). The number of methoxy groups -OCH3 is 1. The zero-order valence-corrected chi connectivity index (χ0v) is 17.1. The molecule has 0 unspecified atom stereocenters. The van der Waals surface area contributed by atoms with E-state index in [-0.39, 0.29) is 18.2 Å². The first-order chi connectivity index (χ1) is 13.9. The van der Waals surface area contributed by atoms with Gasteiger partial charge in [-0.25, -0.2) is 9.97 Å². The Morgan fingerprint density at radius 3 is 2.69 bits per heavy atom. The molecule has 2 aromatic heterocycles. The van der Waals surface area contributed by atoms with Crippen molar-refractivity contribution in [2.45, 2.75) is 20.3 Å². The molecule has 0 radical (unpaired) electrons. The van der Waals surface area contributed by atoms with Gasteiger partial charge in [-0.15, -0.1) is 11.3 Å². The first kappa shape index (κ1) is 20.3. The second-order valence-electron chi connectivity index (χ2n) is 6.25. The summed E-state index contributed by atoms with van der Waals surface area (Å²) in [6.07, 6.45) is 0.104. The van der Waals surface area contributed by atoms with Crippen molar-refractivity contribution in [1.29, 1.82) is 0 Å². The van der Waals surface area contributed by atoms with Gasteiger partial charge in [-0.2, -0.15) is 0 Å². The lowest BCUT2D eigenvalue weighted by Crippen LogP contribution is -2.16. The van der Waals surface area contributed by atoms with Crippen LogP contribution in [0.4, 0.5) is 22.3 Å². The molecule has 150 valence electrons. The number of anilines is 4. The minimum atomic E-state index is -0.242. The van der Waals surface area contributed by atoms with Gasteiger partial charge in [0.25, 0.3) is 0 Å². The van der Waals surface area contributed by atoms with Crippen molar-refractivity contribution in [2.24, 2.45) is 0 Å². The van der Waals surface area contributed by atoms with E-state index >= 15 is 0 Å². The van der Waals surface area contributed by atoms with Gasteiger partial charge in [0.15, 0.2) is 5.13 Å². The first-order valence-corrected chi connectivity index (χ1v) is 9.71. The molecule has 9 heteroatoms. The minimum absolute atomic E-state index is 0.104. The van der Waals surface area contributed by atoms with Crippen LogP contribution in [0.25, 0.3) is 0 Å². The molecule has 0 saturated heterocycles. The lowest BCUT2D eigenvalue weighted by Gasteiger charge is -2.12. The quantitative estimate of drug-likeness (QED) is 0.547. The van der Waals surface area contributed by atoms with Crippen molar-refractivity contribution in [3.8, 4) is 5.75 Å². The van der Waals surface area contributed by atoms with Crippen LogP contribution in [-0.2, 0) is 16.0 Å². The Balaban J connectivity index is 1.65. The minimum Gasteiger partial charge on any atom is -0.495 e. The normalized spacial score (nSPS) is 10.3. The number of carbonyl (C=O) groups is 2. The Morgan fingerprint density at radius 2 is 1.97 bits per heavy atom. The summed E-state index contributed by atoms with van der Waals surface area (Å²) in [6, 6.07) is 10.7. The van der Waals surface area contributed by atoms with Crippen molar-refractivity contribution in [2.75, 3.05) is 23.1 Å². The van der Waals surface area contributed by atoms with Gasteiger partial charge in [0.1, 0.15) is 11.6 Å². The fraction of sp³-hybridized carbons (Fsp3) is 0.200. The van der Waals surface area contributed by atoms with Crippen molar-refractivity contribution < 1.29 is 14.3 Å². The summed E-state index contributed by atoms with van der Waals surface area (Å²) in [7, 11) is 1.51. The van der Waals surface area contributed by atoms with E-state index in [1.165, 1.54) is 25.4 Å². The number of hydrogen-bond donors (Lipinski definition) is 3. The smallest absolute Gasteiger partial charge is 0.230 e. The Labute approximate surface area is 172 Å². The summed E-state index contributed by atoms with van der Waals surface area (Å²) < 4.78 is 5.28. The fourth-order valence-corrected chi connectivity index (χ4v) is 3.33. The maximum atomic E-state index is 12.5. The molecular formula is C20H21N5O3S. The first-order valence-electron chi connectivity index (χ1n) is 8.83. The predicted molar refractivity (Wildman–Crippen MR) is 114 cm³/mol. The molecule has 0 aliphatic carbocycles. The van der Waals surface area contributed by atoms with Gasteiger partial charge in [0, 0.05) is 23.7 Å². The van der Waals surface area contributed by atoms with Crippen molar-refractivity contribution in [3.63, 3.8) is 0 Å². The van der Waals surface area contributed by atoms with Gasteiger partial charge in [0.2, 0.25) is 11.8 Å². The Bertz CT molecular complexity index is 1030. The number of nitrogens with zero attached hydrogens (tertiary/aromatic N) is 2. The molecule has 8 nitrogen and oxygen atoms in total. The van der Waals surface area contributed by atoms with Crippen LogP contribution in [0.15, 0.2) is 41.8 Å². The maximum Gasteiger partial charge on any atom is 0.230 e. The van der Waals surface area contributed by atoms with Gasteiger partial charge >= 0.3 is 0 Å². The van der Waals surface area contributed by atoms with E-state index in [1.807, 2.05) is 30.5 Å². The van der Waals surface area contributed by atoms with Gasteiger partial charge < -0.3 is 20.7 Å². The molecule has 3 rings (SSSR count). The monoisotopic (exact) mass is 411 g/mol. The van der Waals surface area contributed by atoms with E-state index in [0.29, 0.717) is 33.8 Å². The zero-order chi connectivity index (χ0) is 20.8. The van der Waals surface area contributed by atoms with E-state index in [1.54, 1.807) is 18.2 Å². The number of hydrogen-bond acceptors (Lipinski definition) is 7. The summed E-state index contributed by atoms with van der Waals surface area (Å²) in [5, 5.41) is 11.1. The summed E-state index contributed by atoms with van der Waals surface area (Å²) in [6.45, 7) is 3.33. The number of benzene rings is 1. The van der Waals surface area contributed by atoms with Crippen LogP contribution in [-0.4, -0.2) is 28.9 Å². The number of rotatable bonds is 7. The lowest BCUT2D eigenvalue weighted by atomic mass is 10.2. The molecule has 29 heavy (non-hydrogen) atoms. The number of amides is 2. The third-order valence-electron chi connectivity index (χ3n) is 3.81. The molecule has 1 aromatic carbocycles. The van der Waals surface area contributed by atoms with Crippen molar-refractivity contribution in [1.82, 2.24) is 9.97 Å². The highest BCUT2D eigenvalue weighted by Gasteiger charge is 2.12. The Kier molecular flexibility index (Phi) is 6.40. The van der Waals surface area contributed by atoms with Gasteiger partial charge in [0.05, 0.1) is 24.9 Å². The predicted octanol–water partition coefficient (Wildman–Crippen LogP) is 3.74. The number of nitrogens with one attached hydrogen (secondary N) is 3. The Morgan fingerprint density at radius 1 is 1.14 bits per heavy atom. The molecule has 3 aromatic rings. The largest absolute Gasteiger partial charge is 0.495 e. The van der Waals surface area contributed by atoms with Crippen LogP contribution >= 0.6 is 11.3 Å². The van der Waals surface area contributed by atoms with Crippen molar-refractivity contribution >= 4 is 45.5 Å². The molecule has 0 fully saturated rings. The van der Waals surface area contributed by atoms with E-state index in [2.05, 4.69) is 25.9 Å². The number of thiazole rings is 1. The molecule has 3 N–H and O–H groups in total. The van der Waals surface area contributed by atoms with Crippen LogP contribution in [0, 0.1) is 6.92 Å². The second-order valence-corrected chi connectivity index (χ2v) is 7.11. The third kappa shape index (κ3) is 5.76. The van der Waals surface area contributed by atoms with Crippen molar-refractivity contribution in [3.05, 3.63) is 53.2 Å². The lowest BCUT2D eigenvalue weighted by molar-refractivity contribution is -0.116. The summed E-state index contributed by atoms with van der Waals surface area (Å²) in [4.78, 5) is 32.5. The molecule has 0 atom stereocenters. The molecule has 0 bridgehead atoms. The second kappa shape index (κ2) is 9.16. The zero-order valence-electron chi connectivity index (χ0n) is 16.3. The van der Waals surface area contributed by atoms with Crippen LogP contribution in [0.5, 0.6) is 5.75 Å². The number of aryl methyl sites for hydroxylation is 1. The molecule has 0 aliphatic heterocycles. The number of pyridine rings is 1. The third-order valence-corrected chi connectivity index (χ3v) is 4.62. The van der Waals surface area contributed by atoms with Crippen LogP contribution in [0.1, 0.15) is 18.3 Å². The molecular weight excluding hydrogens is 390 g/mol. The van der Waals surface area contributed by atoms with E-state index in [0.717, 1.165) is 5.69 Å². The molecule has 0 spiro atoms. The fourth-order valence-electron chi connectivity index (χ4n) is 2.61. The average Bonchev–Trinajstić information content (AvgIpc) is 3.08. The van der Waals surface area contributed by atoms with Crippen LogP contribution in [0.2, 0.25) is 0 Å². The SMILES string of the molecule is COc1ccc(NC(C)=O)cc1NC(=O)Cc1csc(Nc2cccc(C)n2)n1. The van der Waals surface area contributed by atoms with E-state index < -0.39 is 0 Å². The number of aromatic nitrogens is 2. The topological polar surface area (TPSA) is 105 Å². The maximum absolute atomic E-state index is 12.5. The molecule has 2 heterocycles. The van der Waals surface area contributed by atoms with Crippen LogP contribution in [0.3, 0.4) is 0 Å². The highest BCUT2D eigenvalue weighted by atomic mass is 32.1. The number of carbonyl (C=O) groups excluding carboxylic acids is 2. The highest BCUT2D eigenvalue weighted by molar-refractivity contribution is 7.13. The summed E-state index contributed by atoms with van der Waals surface area (Å²) >= 11 is 1.40. The summed E-state index contributed by atoms with van der Waals surface area (Å²) in [5.41, 5.74) is 2.59. The Hall–Kier alpha value is -3.46. The van der Waals surface area contributed by atoms with E-state index in [9.17, 15) is 9.59 Å². The molecule has 2 amide bonds. The van der Waals surface area contributed by atoms with Gasteiger partial charge in [-0.3, -0.25) is 9.59 Å². The highest BCUT2D eigenvalue weighted by Crippen LogP contribution is 2.28. The average molecular weight is 411 g/mol. The molecule has 0 saturated carbocycles. The van der Waals surface area contributed by atoms with Gasteiger partial charge in [-0.1, -0.05) is 6.07 Å². The van der Waals surface area contributed by atoms with Crippen LogP contribution < -0.4 is 20.7 Å². The van der Waals surface area contributed by atoms with Gasteiger partial charge in [-0.05, 0) is 37.3 Å². The number of ether oxygens (including phenoxy) is 1. The van der Waals surface area contributed by atoms with E-state index in [4.69, 9.17) is 4.74 Å². The summed E-state index contributed by atoms with van der Waals surface area (Å²) in [5.74, 6) is 0.764.